The van der Waals surface area contributed by atoms with E-state index in [1.54, 1.807) is 16.7 Å². The second-order valence-corrected chi connectivity index (χ2v) is 6.31. The van der Waals surface area contributed by atoms with Gasteiger partial charge >= 0.3 is 0 Å². The van der Waals surface area contributed by atoms with Crippen LogP contribution in [0.15, 0.2) is 29.2 Å². The van der Waals surface area contributed by atoms with Gasteiger partial charge in [-0.25, -0.2) is 4.98 Å². The molecule has 0 aliphatic carbocycles. The predicted molar refractivity (Wildman–Crippen MR) is 83.2 cm³/mol. The first kappa shape index (κ1) is 14.2. The third-order valence-electron chi connectivity index (χ3n) is 4.03. The summed E-state index contributed by atoms with van der Waals surface area (Å²) in [5.41, 5.74) is 8.70. The Hall–Kier alpha value is -1.72. The van der Waals surface area contributed by atoms with Gasteiger partial charge in [0.2, 0.25) is 0 Å². The minimum absolute atomic E-state index is 0.0237. The Morgan fingerprint density at radius 2 is 2.19 bits per heavy atom. The van der Waals surface area contributed by atoms with E-state index in [0.717, 1.165) is 30.8 Å². The number of rotatable bonds is 2. The zero-order chi connectivity index (χ0) is 15.0. The molecular formula is C16H22N4O. The van der Waals surface area contributed by atoms with E-state index < -0.39 is 0 Å². The molecule has 0 aromatic carbocycles. The van der Waals surface area contributed by atoms with Crippen molar-refractivity contribution in [3.8, 4) is 0 Å². The van der Waals surface area contributed by atoms with Crippen molar-refractivity contribution in [2.45, 2.75) is 32.9 Å². The molecule has 5 heteroatoms. The number of pyridine rings is 1. The van der Waals surface area contributed by atoms with Crippen LogP contribution in [0.3, 0.4) is 0 Å². The van der Waals surface area contributed by atoms with Crippen LogP contribution in [0.4, 0.5) is 0 Å². The lowest BCUT2D eigenvalue weighted by atomic mass is 9.96. The molecule has 2 N–H and O–H groups in total. The maximum Gasteiger partial charge on any atom is 0.258 e. The molecule has 21 heavy (non-hydrogen) atoms. The lowest BCUT2D eigenvalue weighted by molar-refractivity contribution is 0.157. The number of hydrogen-bond donors (Lipinski definition) is 1. The molecule has 2 aromatic heterocycles. The van der Waals surface area contributed by atoms with Gasteiger partial charge in [-0.15, -0.1) is 0 Å². The smallest absolute Gasteiger partial charge is 0.258 e. The van der Waals surface area contributed by atoms with Gasteiger partial charge in [-0.2, -0.15) is 0 Å². The van der Waals surface area contributed by atoms with Crippen LogP contribution in [0.2, 0.25) is 0 Å². The summed E-state index contributed by atoms with van der Waals surface area (Å²) >= 11 is 0. The molecule has 3 heterocycles. The van der Waals surface area contributed by atoms with E-state index in [4.69, 9.17) is 5.73 Å². The summed E-state index contributed by atoms with van der Waals surface area (Å²) in [5.74, 6) is 0.595. The molecule has 2 atom stereocenters. The largest absolute Gasteiger partial charge is 0.327 e. The summed E-state index contributed by atoms with van der Waals surface area (Å²) in [6.45, 7) is 6.81. The Kier molecular flexibility index (Phi) is 3.78. The zero-order valence-electron chi connectivity index (χ0n) is 12.6. The Balaban J connectivity index is 1.89. The number of aryl methyl sites for hydroxylation is 1. The van der Waals surface area contributed by atoms with Gasteiger partial charge < -0.3 is 5.73 Å². The van der Waals surface area contributed by atoms with Gasteiger partial charge in [-0.1, -0.05) is 6.92 Å². The molecule has 2 unspecified atom stereocenters. The van der Waals surface area contributed by atoms with Gasteiger partial charge in [-0.3, -0.25) is 14.1 Å². The maximum atomic E-state index is 12.2. The van der Waals surface area contributed by atoms with Crippen molar-refractivity contribution >= 4 is 5.65 Å². The van der Waals surface area contributed by atoms with Gasteiger partial charge in [0.05, 0.1) is 5.69 Å². The highest BCUT2D eigenvalue weighted by molar-refractivity contribution is 5.41. The van der Waals surface area contributed by atoms with Crippen molar-refractivity contribution in [2.75, 3.05) is 13.1 Å². The first-order chi connectivity index (χ1) is 10.0. The van der Waals surface area contributed by atoms with Gasteiger partial charge in [-0.05, 0) is 37.0 Å². The average Bonchev–Trinajstić information content (AvgIpc) is 2.36. The molecule has 3 rings (SSSR count). The molecule has 1 fully saturated rings. The van der Waals surface area contributed by atoms with E-state index in [1.807, 2.05) is 19.1 Å². The predicted octanol–water partition coefficient (Wildman–Crippen LogP) is 1.17. The average molecular weight is 286 g/mol. The minimum Gasteiger partial charge on any atom is -0.327 e. The van der Waals surface area contributed by atoms with Crippen molar-refractivity contribution in [1.82, 2.24) is 14.3 Å². The summed E-state index contributed by atoms with van der Waals surface area (Å²) in [4.78, 5) is 19.1. The first-order valence-corrected chi connectivity index (χ1v) is 7.48. The lowest BCUT2D eigenvalue weighted by Crippen LogP contribution is -2.46. The van der Waals surface area contributed by atoms with Crippen molar-refractivity contribution < 1.29 is 0 Å². The fraction of sp³-hybridized carbons (Fsp3) is 0.500. The number of nitrogens with two attached hydrogens (primary N) is 1. The Bertz CT molecular complexity index is 699. The van der Waals surface area contributed by atoms with Crippen LogP contribution >= 0.6 is 0 Å². The Morgan fingerprint density at radius 1 is 1.38 bits per heavy atom. The van der Waals surface area contributed by atoms with E-state index in [9.17, 15) is 4.79 Å². The summed E-state index contributed by atoms with van der Waals surface area (Å²) in [6, 6.07) is 5.71. The van der Waals surface area contributed by atoms with E-state index >= 15 is 0 Å². The number of hydrogen-bond acceptors (Lipinski definition) is 4. The van der Waals surface area contributed by atoms with Crippen molar-refractivity contribution in [3.05, 3.63) is 46.0 Å². The number of fused-ring (bicyclic) bond motifs is 1. The molecule has 0 saturated carbocycles. The van der Waals surface area contributed by atoms with E-state index in [2.05, 4.69) is 16.8 Å². The zero-order valence-corrected chi connectivity index (χ0v) is 12.6. The summed E-state index contributed by atoms with van der Waals surface area (Å²) in [7, 11) is 0. The second kappa shape index (κ2) is 5.58. The highest BCUT2D eigenvalue weighted by Crippen LogP contribution is 2.16. The molecule has 0 bridgehead atoms. The van der Waals surface area contributed by atoms with Crippen LogP contribution in [0, 0.1) is 12.8 Å². The summed E-state index contributed by atoms with van der Waals surface area (Å²) in [5, 5.41) is 0. The molecule has 0 radical (unpaired) electrons. The molecule has 2 aromatic rings. The summed E-state index contributed by atoms with van der Waals surface area (Å²) in [6.07, 6.45) is 2.85. The third kappa shape index (κ3) is 3.14. The standard InChI is InChI=1S/C16H22N4O/c1-11-3-4-20-15(6-11)18-14(7-16(20)21)10-19-8-12(2)5-13(17)9-19/h3-4,6-7,12-13H,5,8-10,17H2,1-2H3. The van der Waals surface area contributed by atoms with Crippen LogP contribution in [0.25, 0.3) is 5.65 Å². The third-order valence-corrected chi connectivity index (χ3v) is 4.03. The second-order valence-electron chi connectivity index (χ2n) is 6.31. The van der Waals surface area contributed by atoms with Crippen molar-refractivity contribution in [3.63, 3.8) is 0 Å². The molecule has 0 spiro atoms. The van der Waals surface area contributed by atoms with E-state index in [-0.39, 0.29) is 11.6 Å². The molecule has 112 valence electrons. The van der Waals surface area contributed by atoms with Crippen molar-refractivity contribution in [2.24, 2.45) is 11.7 Å². The number of likely N-dealkylation sites (tertiary alicyclic amines) is 1. The first-order valence-electron chi connectivity index (χ1n) is 7.48. The fourth-order valence-corrected chi connectivity index (χ4v) is 3.21. The molecule has 0 amide bonds. The topological polar surface area (TPSA) is 63.6 Å². The molecule has 1 aliphatic rings. The lowest BCUT2D eigenvalue weighted by Gasteiger charge is -2.34. The molecule has 5 nitrogen and oxygen atoms in total. The SMILES string of the molecule is Cc1ccn2c(=O)cc(CN3CC(C)CC(N)C3)nc2c1. The Morgan fingerprint density at radius 3 is 2.95 bits per heavy atom. The van der Waals surface area contributed by atoms with Gasteiger partial charge in [0.1, 0.15) is 5.65 Å². The number of nitrogens with zero attached hydrogens (tertiary/aromatic N) is 3. The van der Waals surface area contributed by atoms with Crippen LogP contribution in [0.1, 0.15) is 24.6 Å². The van der Waals surface area contributed by atoms with Gasteiger partial charge in [0, 0.05) is 37.9 Å². The van der Waals surface area contributed by atoms with E-state index in [0.29, 0.717) is 18.1 Å². The highest BCUT2D eigenvalue weighted by atomic mass is 16.1. The van der Waals surface area contributed by atoms with Crippen LogP contribution in [0.5, 0.6) is 0 Å². The summed E-state index contributed by atoms with van der Waals surface area (Å²) < 4.78 is 1.58. The van der Waals surface area contributed by atoms with Gasteiger partial charge in [0.15, 0.2) is 0 Å². The number of piperidine rings is 1. The minimum atomic E-state index is -0.0237. The normalized spacial score (nSPS) is 23.6. The fourth-order valence-electron chi connectivity index (χ4n) is 3.21. The molecule has 1 saturated heterocycles. The van der Waals surface area contributed by atoms with Gasteiger partial charge in [0.25, 0.3) is 5.56 Å². The van der Waals surface area contributed by atoms with Crippen molar-refractivity contribution in [1.29, 1.82) is 0 Å². The van der Waals surface area contributed by atoms with E-state index in [1.165, 1.54) is 0 Å². The number of aromatic nitrogens is 2. The van der Waals surface area contributed by atoms with Crippen LogP contribution in [-0.4, -0.2) is 33.4 Å². The quantitative estimate of drug-likeness (QED) is 0.900. The monoisotopic (exact) mass is 286 g/mol. The molecule has 1 aliphatic heterocycles. The van der Waals surface area contributed by atoms with Crippen LogP contribution in [-0.2, 0) is 6.54 Å². The Labute approximate surface area is 124 Å². The maximum absolute atomic E-state index is 12.2. The van der Waals surface area contributed by atoms with Crippen LogP contribution < -0.4 is 11.3 Å². The molecular weight excluding hydrogens is 264 g/mol. The highest BCUT2D eigenvalue weighted by Gasteiger charge is 2.22.